The third kappa shape index (κ3) is 4.39. The monoisotopic (exact) mass is 290 g/mol. The highest BCUT2D eigenvalue weighted by molar-refractivity contribution is 7.89. The molecule has 106 valence electrons. The van der Waals surface area contributed by atoms with Gasteiger partial charge in [-0.15, -0.1) is 0 Å². The van der Waals surface area contributed by atoms with Gasteiger partial charge in [-0.25, -0.2) is 18.4 Å². The Hall–Kier alpha value is -1.84. The zero-order chi connectivity index (χ0) is 14.5. The van der Waals surface area contributed by atoms with Gasteiger partial charge in [0.05, 0.1) is 24.3 Å². The van der Waals surface area contributed by atoms with Crippen LogP contribution in [-0.2, 0) is 14.8 Å². The Morgan fingerprint density at radius 3 is 2.68 bits per heavy atom. The number of benzene rings is 1. The van der Waals surface area contributed by atoms with Crippen LogP contribution < -0.4 is 15.2 Å². The van der Waals surface area contributed by atoms with Crippen molar-refractivity contribution in [2.24, 2.45) is 5.14 Å². The number of nitrogens with one attached hydrogen (secondary N) is 1. The third-order valence-corrected chi connectivity index (χ3v) is 2.97. The van der Waals surface area contributed by atoms with Crippen LogP contribution in [0.1, 0.15) is 0 Å². The van der Waals surface area contributed by atoms with Gasteiger partial charge in [0.2, 0.25) is 10.0 Å². The predicted octanol–water partition coefficient (Wildman–Crippen LogP) is -0.117. The van der Waals surface area contributed by atoms with Gasteiger partial charge in [-0.1, -0.05) is 0 Å². The van der Waals surface area contributed by atoms with Crippen LogP contribution in [0.15, 0.2) is 23.1 Å². The summed E-state index contributed by atoms with van der Waals surface area (Å²) in [5, 5.41) is 15.8. The molecule has 0 aliphatic carbocycles. The Morgan fingerprint density at radius 2 is 2.16 bits per heavy atom. The van der Waals surface area contributed by atoms with Gasteiger partial charge in [0.25, 0.3) is 0 Å². The average molecular weight is 290 g/mol. The molecule has 0 radical (unpaired) electrons. The number of carbonyl (C=O) groups is 1. The number of amides is 1. The van der Waals surface area contributed by atoms with E-state index >= 15 is 0 Å². The molecule has 19 heavy (non-hydrogen) atoms. The van der Waals surface area contributed by atoms with E-state index in [9.17, 15) is 13.2 Å². The van der Waals surface area contributed by atoms with Crippen LogP contribution in [0.3, 0.4) is 0 Å². The van der Waals surface area contributed by atoms with E-state index < -0.39 is 16.1 Å². The quantitative estimate of drug-likeness (QED) is 0.693. The van der Waals surface area contributed by atoms with Gasteiger partial charge in [-0.05, 0) is 18.2 Å². The van der Waals surface area contributed by atoms with Crippen molar-refractivity contribution in [3.8, 4) is 5.75 Å². The average Bonchev–Trinajstić information content (AvgIpc) is 2.35. The topological polar surface area (TPSA) is 128 Å². The molecule has 1 aromatic rings. The number of ether oxygens (including phenoxy) is 2. The molecule has 0 aliphatic rings. The van der Waals surface area contributed by atoms with Crippen molar-refractivity contribution in [1.29, 1.82) is 0 Å². The fraction of sp³-hybridized carbons (Fsp3) is 0.300. The maximum atomic E-state index is 11.3. The molecular weight excluding hydrogens is 276 g/mol. The Kier molecular flexibility index (Phi) is 5.10. The Balaban J connectivity index is 3.00. The molecule has 0 saturated heterocycles. The molecule has 1 aromatic carbocycles. The molecule has 0 saturated carbocycles. The first-order valence-corrected chi connectivity index (χ1v) is 6.68. The fourth-order valence-electron chi connectivity index (χ4n) is 1.25. The summed E-state index contributed by atoms with van der Waals surface area (Å²) in [6.07, 6.45) is -0.848. The summed E-state index contributed by atoms with van der Waals surface area (Å²) in [7, 11) is -2.53. The molecule has 1 amide bonds. The van der Waals surface area contributed by atoms with E-state index in [2.05, 4.69) is 10.1 Å². The molecule has 1 rings (SSSR count). The smallest absolute Gasteiger partial charge is 0.411 e. The van der Waals surface area contributed by atoms with E-state index in [1.54, 1.807) is 0 Å². The number of methoxy groups -OCH3 is 1. The summed E-state index contributed by atoms with van der Waals surface area (Å²) in [6, 6.07) is 3.74. The lowest BCUT2D eigenvalue weighted by Gasteiger charge is -2.11. The predicted molar refractivity (Wildman–Crippen MR) is 66.4 cm³/mol. The van der Waals surface area contributed by atoms with Gasteiger partial charge < -0.3 is 14.6 Å². The first kappa shape index (κ1) is 15.2. The van der Waals surface area contributed by atoms with Crippen LogP contribution in [-0.4, -0.2) is 39.9 Å². The molecule has 0 bridgehead atoms. The van der Waals surface area contributed by atoms with Crippen molar-refractivity contribution >= 4 is 21.8 Å². The van der Waals surface area contributed by atoms with Crippen LogP contribution in [0.2, 0.25) is 0 Å². The number of aliphatic hydroxyl groups is 1. The highest BCUT2D eigenvalue weighted by atomic mass is 32.2. The largest absolute Gasteiger partial charge is 0.495 e. The van der Waals surface area contributed by atoms with E-state index in [0.717, 1.165) is 6.07 Å². The molecule has 9 heteroatoms. The van der Waals surface area contributed by atoms with Crippen molar-refractivity contribution in [2.75, 3.05) is 25.6 Å². The van der Waals surface area contributed by atoms with E-state index in [0.29, 0.717) is 0 Å². The highest BCUT2D eigenvalue weighted by Gasteiger charge is 2.14. The second-order valence-electron chi connectivity index (χ2n) is 3.39. The zero-order valence-electron chi connectivity index (χ0n) is 10.1. The van der Waals surface area contributed by atoms with Gasteiger partial charge in [0, 0.05) is 0 Å². The van der Waals surface area contributed by atoms with Crippen LogP contribution in [0.4, 0.5) is 10.5 Å². The number of sulfonamides is 1. The zero-order valence-corrected chi connectivity index (χ0v) is 10.9. The number of rotatable bonds is 5. The van der Waals surface area contributed by atoms with Crippen LogP contribution in [0.25, 0.3) is 0 Å². The summed E-state index contributed by atoms with van der Waals surface area (Å²) in [4.78, 5) is 11.1. The molecule has 8 nitrogen and oxygen atoms in total. The van der Waals surface area contributed by atoms with Gasteiger partial charge in [0.1, 0.15) is 12.4 Å². The van der Waals surface area contributed by atoms with Crippen LogP contribution in [0, 0.1) is 0 Å². The molecule has 0 spiro atoms. The van der Waals surface area contributed by atoms with Crippen molar-refractivity contribution in [2.45, 2.75) is 4.90 Å². The lowest BCUT2D eigenvalue weighted by Crippen LogP contribution is -2.17. The second-order valence-corrected chi connectivity index (χ2v) is 4.95. The Bertz CT molecular complexity index is 557. The number of aliphatic hydroxyl groups excluding tert-OH is 1. The van der Waals surface area contributed by atoms with Gasteiger partial charge in [-0.2, -0.15) is 0 Å². The third-order valence-electron chi connectivity index (χ3n) is 2.06. The van der Waals surface area contributed by atoms with Gasteiger partial charge >= 0.3 is 6.09 Å². The minimum absolute atomic E-state index is 0.0944. The van der Waals surface area contributed by atoms with Crippen LogP contribution >= 0.6 is 0 Å². The van der Waals surface area contributed by atoms with Crippen molar-refractivity contribution < 1.29 is 27.8 Å². The molecular formula is C10H14N2O6S. The molecule has 4 N–H and O–H groups in total. The molecule has 0 atom stereocenters. The summed E-state index contributed by atoms with van der Waals surface area (Å²) in [6.45, 7) is -0.495. The van der Waals surface area contributed by atoms with E-state index in [-0.39, 0.29) is 29.5 Å². The lowest BCUT2D eigenvalue weighted by molar-refractivity contribution is 0.131. The number of hydrogen-bond donors (Lipinski definition) is 3. The van der Waals surface area contributed by atoms with E-state index in [4.69, 9.17) is 15.0 Å². The Morgan fingerprint density at radius 1 is 1.47 bits per heavy atom. The van der Waals surface area contributed by atoms with Crippen molar-refractivity contribution in [3.63, 3.8) is 0 Å². The Labute approximate surface area is 110 Å². The van der Waals surface area contributed by atoms with E-state index in [1.165, 1.54) is 19.2 Å². The molecule has 0 fully saturated rings. The number of hydrogen-bond acceptors (Lipinski definition) is 6. The number of carbonyl (C=O) groups excluding carboxylic acids is 1. The van der Waals surface area contributed by atoms with Gasteiger partial charge in [-0.3, -0.25) is 5.32 Å². The SMILES string of the molecule is COc1ccc(S(N)(=O)=O)cc1NC(=O)OCCO. The molecule has 0 unspecified atom stereocenters. The summed E-state index contributed by atoms with van der Waals surface area (Å²) in [5.41, 5.74) is 0.0944. The highest BCUT2D eigenvalue weighted by Crippen LogP contribution is 2.27. The maximum Gasteiger partial charge on any atom is 0.411 e. The molecule has 0 aliphatic heterocycles. The van der Waals surface area contributed by atoms with Crippen molar-refractivity contribution in [3.05, 3.63) is 18.2 Å². The fourth-order valence-corrected chi connectivity index (χ4v) is 1.79. The van der Waals surface area contributed by atoms with E-state index in [1.807, 2.05) is 0 Å². The summed E-state index contributed by atoms with van der Waals surface area (Å²) < 4.78 is 32.0. The lowest BCUT2D eigenvalue weighted by atomic mass is 10.3. The van der Waals surface area contributed by atoms with Gasteiger partial charge in [0.15, 0.2) is 0 Å². The normalized spacial score (nSPS) is 10.9. The maximum absolute atomic E-state index is 11.3. The van der Waals surface area contributed by atoms with Crippen molar-refractivity contribution in [1.82, 2.24) is 0 Å². The minimum atomic E-state index is -3.89. The first-order chi connectivity index (χ1) is 8.88. The number of anilines is 1. The number of nitrogens with two attached hydrogens (primary N) is 1. The summed E-state index contributed by atoms with van der Waals surface area (Å²) in [5.74, 6) is 0.244. The molecule has 0 heterocycles. The van der Waals surface area contributed by atoms with Crippen LogP contribution in [0.5, 0.6) is 5.75 Å². The summed E-state index contributed by atoms with van der Waals surface area (Å²) >= 11 is 0. The second kappa shape index (κ2) is 6.36. The first-order valence-electron chi connectivity index (χ1n) is 5.14. The standard InChI is InChI=1S/C10H14N2O6S/c1-17-9-3-2-7(19(11,15)16)6-8(9)12-10(14)18-5-4-13/h2-3,6,13H,4-5H2,1H3,(H,12,14)(H2,11,15,16). The minimum Gasteiger partial charge on any atom is -0.495 e. The molecule has 0 aromatic heterocycles. The number of primary sulfonamides is 1.